The molecule has 2 aliphatic rings. The Morgan fingerprint density at radius 1 is 1.13 bits per heavy atom. The Balaban J connectivity index is 1.35. The zero-order chi connectivity index (χ0) is 21.5. The van der Waals surface area contributed by atoms with Gasteiger partial charge in [-0.05, 0) is 62.1 Å². The summed E-state index contributed by atoms with van der Waals surface area (Å²) in [7, 11) is 0. The number of fused-ring (bicyclic) bond motifs is 1. The molecule has 3 aromatic rings. The van der Waals surface area contributed by atoms with Crippen molar-refractivity contribution in [3.63, 3.8) is 0 Å². The van der Waals surface area contributed by atoms with E-state index in [1.54, 1.807) is 11.8 Å². The second-order valence-electron chi connectivity index (χ2n) is 8.16. The maximum absolute atomic E-state index is 13.1. The van der Waals surface area contributed by atoms with Crippen molar-refractivity contribution < 1.29 is 9.59 Å². The lowest BCUT2D eigenvalue weighted by atomic mass is 10.0. The van der Waals surface area contributed by atoms with Crippen LogP contribution in [-0.4, -0.2) is 38.2 Å². The van der Waals surface area contributed by atoms with E-state index in [0.29, 0.717) is 23.2 Å². The lowest BCUT2D eigenvalue weighted by Crippen LogP contribution is -2.25. The van der Waals surface area contributed by atoms with Gasteiger partial charge in [-0.2, -0.15) is 0 Å². The monoisotopic (exact) mass is 432 g/mol. The van der Waals surface area contributed by atoms with Crippen molar-refractivity contribution in [2.45, 2.75) is 49.4 Å². The Morgan fingerprint density at radius 2 is 1.90 bits per heavy atom. The summed E-state index contributed by atoms with van der Waals surface area (Å²) in [4.78, 5) is 31.4. The number of amides is 1. The topological polar surface area (TPSA) is 68.1 Å². The molecule has 2 aromatic carbocycles. The van der Waals surface area contributed by atoms with Gasteiger partial charge in [0.05, 0.1) is 10.9 Å². The highest BCUT2D eigenvalue weighted by Crippen LogP contribution is 2.41. The van der Waals surface area contributed by atoms with Crippen molar-refractivity contribution in [1.29, 1.82) is 0 Å². The van der Waals surface area contributed by atoms with Gasteiger partial charge in [0.1, 0.15) is 5.82 Å². The first-order valence-corrected chi connectivity index (χ1v) is 11.5. The summed E-state index contributed by atoms with van der Waals surface area (Å²) in [6.07, 6.45) is 3.05. The van der Waals surface area contributed by atoms with E-state index in [-0.39, 0.29) is 16.9 Å². The van der Waals surface area contributed by atoms with Gasteiger partial charge in [-0.1, -0.05) is 30.0 Å². The quantitative estimate of drug-likeness (QED) is 0.426. The SMILES string of the molecule is CC(=O)N1CCc2cc(C(=O)C(C)Sc3nc(C4CC4)n(-c4ccccc4)n3)ccc21. The number of rotatable bonds is 6. The van der Waals surface area contributed by atoms with E-state index in [0.717, 1.165) is 42.0 Å². The minimum atomic E-state index is -0.304. The number of hydrogen-bond donors (Lipinski definition) is 0. The number of Topliss-reactive ketones (excluding diaryl/α,β-unsaturated/α-hetero) is 1. The third kappa shape index (κ3) is 3.90. The number of thioether (sulfide) groups is 1. The molecule has 1 aromatic heterocycles. The number of carbonyl (C=O) groups excluding carboxylic acids is 2. The van der Waals surface area contributed by atoms with E-state index in [2.05, 4.69) is 0 Å². The molecular formula is C24H24N4O2S. The molecule has 0 bridgehead atoms. The predicted molar refractivity (Wildman–Crippen MR) is 121 cm³/mol. The summed E-state index contributed by atoms with van der Waals surface area (Å²) in [5, 5.41) is 5.05. The highest BCUT2D eigenvalue weighted by molar-refractivity contribution is 8.00. The fourth-order valence-electron chi connectivity index (χ4n) is 4.05. The molecule has 1 aliphatic heterocycles. The Hall–Kier alpha value is -2.93. The molecule has 2 heterocycles. The Kier molecular flexibility index (Phi) is 5.14. The van der Waals surface area contributed by atoms with Crippen LogP contribution in [0.15, 0.2) is 53.7 Å². The van der Waals surface area contributed by atoms with Crippen LogP contribution < -0.4 is 4.90 Å². The van der Waals surface area contributed by atoms with E-state index >= 15 is 0 Å². The van der Waals surface area contributed by atoms with Crippen molar-refractivity contribution in [3.8, 4) is 5.69 Å². The molecule has 1 aliphatic carbocycles. The van der Waals surface area contributed by atoms with Crippen molar-refractivity contribution in [2.24, 2.45) is 0 Å². The first-order valence-electron chi connectivity index (χ1n) is 10.7. The van der Waals surface area contributed by atoms with Crippen molar-refractivity contribution in [2.75, 3.05) is 11.4 Å². The number of nitrogens with zero attached hydrogens (tertiary/aromatic N) is 4. The summed E-state index contributed by atoms with van der Waals surface area (Å²) in [5.41, 5.74) is 3.65. The summed E-state index contributed by atoms with van der Waals surface area (Å²) in [6, 6.07) is 15.7. The molecule has 1 saturated carbocycles. The summed E-state index contributed by atoms with van der Waals surface area (Å²) < 4.78 is 1.92. The zero-order valence-corrected chi connectivity index (χ0v) is 18.4. The molecule has 0 N–H and O–H groups in total. The minimum Gasteiger partial charge on any atom is -0.312 e. The minimum absolute atomic E-state index is 0.0355. The Labute approximate surface area is 185 Å². The van der Waals surface area contributed by atoms with Crippen LogP contribution in [0.5, 0.6) is 0 Å². The fraction of sp³-hybridized carbons (Fsp3) is 0.333. The second kappa shape index (κ2) is 7.96. The second-order valence-corrected chi connectivity index (χ2v) is 9.47. The Bertz CT molecular complexity index is 1150. The molecule has 7 heteroatoms. The maximum Gasteiger partial charge on any atom is 0.223 e. The standard InChI is InChI=1S/C24H24N4O2S/c1-15(22(30)19-10-11-21-18(14-19)12-13-27(21)16(2)29)31-24-25-23(17-8-9-17)28(26-24)20-6-4-3-5-7-20/h3-7,10-11,14-15,17H,8-9,12-13H2,1-2H3. The Morgan fingerprint density at radius 3 is 2.61 bits per heavy atom. The van der Waals surface area contributed by atoms with Crippen molar-refractivity contribution in [3.05, 3.63) is 65.5 Å². The number of carbonyl (C=O) groups is 2. The van der Waals surface area contributed by atoms with Crippen LogP contribution in [0.3, 0.4) is 0 Å². The smallest absolute Gasteiger partial charge is 0.223 e. The van der Waals surface area contributed by atoms with Crippen molar-refractivity contribution >= 4 is 29.1 Å². The molecule has 0 radical (unpaired) electrons. The van der Waals surface area contributed by atoms with Crippen LogP contribution in [0.2, 0.25) is 0 Å². The van der Waals surface area contributed by atoms with Gasteiger partial charge in [-0.15, -0.1) is 5.10 Å². The molecule has 1 atom stereocenters. The zero-order valence-electron chi connectivity index (χ0n) is 17.6. The number of ketones is 1. The number of para-hydroxylation sites is 1. The molecule has 6 nitrogen and oxygen atoms in total. The predicted octanol–water partition coefficient (Wildman–Crippen LogP) is 4.42. The van der Waals surface area contributed by atoms with E-state index in [1.807, 2.05) is 60.1 Å². The highest BCUT2D eigenvalue weighted by Gasteiger charge is 2.31. The third-order valence-electron chi connectivity index (χ3n) is 5.85. The number of benzene rings is 2. The lowest BCUT2D eigenvalue weighted by molar-refractivity contribution is -0.116. The van der Waals surface area contributed by atoms with Gasteiger partial charge in [-0.25, -0.2) is 9.67 Å². The average Bonchev–Trinajstić information content (AvgIpc) is 3.39. The van der Waals surface area contributed by atoms with Crippen LogP contribution in [-0.2, 0) is 11.2 Å². The van der Waals surface area contributed by atoms with E-state index in [9.17, 15) is 9.59 Å². The molecule has 5 rings (SSSR count). The molecule has 0 spiro atoms. The van der Waals surface area contributed by atoms with Crippen LogP contribution in [0.4, 0.5) is 5.69 Å². The molecule has 1 unspecified atom stereocenters. The largest absolute Gasteiger partial charge is 0.312 e. The molecule has 158 valence electrons. The van der Waals surface area contributed by atoms with Gasteiger partial charge in [0.25, 0.3) is 0 Å². The molecular weight excluding hydrogens is 408 g/mol. The van der Waals surface area contributed by atoms with E-state index in [4.69, 9.17) is 10.1 Å². The van der Waals surface area contributed by atoms with Gasteiger partial charge in [0.15, 0.2) is 5.78 Å². The first kappa shape index (κ1) is 20.0. The van der Waals surface area contributed by atoms with Crippen molar-refractivity contribution in [1.82, 2.24) is 14.8 Å². The number of aromatic nitrogens is 3. The lowest BCUT2D eigenvalue weighted by Gasteiger charge is -2.15. The maximum atomic E-state index is 13.1. The summed E-state index contributed by atoms with van der Waals surface area (Å²) in [5.74, 6) is 1.52. The fourth-order valence-corrected chi connectivity index (χ4v) is 4.88. The van der Waals surface area contributed by atoms with Gasteiger partial charge < -0.3 is 4.90 Å². The van der Waals surface area contributed by atoms with Crippen LogP contribution in [0, 0.1) is 0 Å². The summed E-state index contributed by atoms with van der Waals surface area (Å²) >= 11 is 1.40. The van der Waals surface area contributed by atoms with Gasteiger partial charge in [0, 0.05) is 30.6 Å². The molecule has 31 heavy (non-hydrogen) atoms. The number of hydrogen-bond acceptors (Lipinski definition) is 5. The summed E-state index contributed by atoms with van der Waals surface area (Å²) in [6.45, 7) is 4.16. The van der Waals surface area contributed by atoms with E-state index < -0.39 is 0 Å². The van der Waals surface area contributed by atoms with Crippen LogP contribution >= 0.6 is 11.8 Å². The molecule has 1 amide bonds. The third-order valence-corrected chi connectivity index (χ3v) is 6.80. The van der Waals surface area contributed by atoms with Gasteiger partial charge >= 0.3 is 0 Å². The first-order chi connectivity index (χ1) is 15.0. The normalized spacial score (nSPS) is 16.3. The highest BCUT2D eigenvalue weighted by atomic mass is 32.2. The van der Waals surface area contributed by atoms with Gasteiger partial charge in [0.2, 0.25) is 11.1 Å². The number of anilines is 1. The van der Waals surface area contributed by atoms with Gasteiger partial charge in [-0.3, -0.25) is 9.59 Å². The molecule has 1 fully saturated rings. The van der Waals surface area contributed by atoms with E-state index in [1.165, 1.54) is 11.8 Å². The average molecular weight is 433 g/mol. The molecule has 0 saturated heterocycles. The van der Waals surface area contributed by atoms with Crippen LogP contribution in [0.25, 0.3) is 5.69 Å². The van der Waals surface area contributed by atoms with Crippen LogP contribution in [0.1, 0.15) is 54.4 Å².